The largest absolute Gasteiger partial charge is 0.310 e. The maximum absolute atomic E-state index is 5.28. The van der Waals surface area contributed by atoms with E-state index in [2.05, 4.69) is 187 Å². The van der Waals surface area contributed by atoms with Gasteiger partial charge in [0.1, 0.15) is 0 Å². The van der Waals surface area contributed by atoms with Gasteiger partial charge in [-0.1, -0.05) is 114 Å². The van der Waals surface area contributed by atoms with Crippen molar-refractivity contribution in [2.45, 2.75) is 13.8 Å². The first-order valence-electron chi connectivity index (χ1n) is 17.7. The van der Waals surface area contributed by atoms with E-state index >= 15 is 0 Å². The molecule has 0 bridgehead atoms. The molecule has 10 rings (SSSR count). The predicted octanol–water partition coefficient (Wildman–Crippen LogP) is 12.8. The molecule has 4 heteroatoms. The highest BCUT2D eigenvalue weighted by atomic mass is 15.1. The van der Waals surface area contributed by atoms with E-state index in [9.17, 15) is 0 Å². The third kappa shape index (κ3) is 4.84. The van der Waals surface area contributed by atoms with Crippen molar-refractivity contribution < 1.29 is 0 Å². The number of hydrogen-bond acceptors (Lipinski definition) is 3. The molecule has 2 heterocycles. The minimum absolute atomic E-state index is 0.855. The van der Waals surface area contributed by atoms with Crippen molar-refractivity contribution in [2.75, 3.05) is 4.90 Å². The standard InChI is InChI=1S/C48H34N4/c1-31-17-24-39-41(27-31)42-28-32(2)18-25-40(42)48-47(39)49-30-44(50-48)33-19-21-36(22-20-33)51(34-11-5-3-6-12-34)37-23-26-46-43(29-37)38-15-9-10-16-45(38)52(46)35-13-7-4-8-14-35/h3-30H,1-2H3. The van der Waals surface area contributed by atoms with Crippen molar-refractivity contribution in [2.24, 2.45) is 0 Å². The van der Waals surface area contributed by atoms with Crippen molar-refractivity contribution in [3.05, 3.63) is 181 Å². The Kier molecular flexibility index (Phi) is 6.90. The lowest BCUT2D eigenvalue weighted by atomic mass is 9.96. The lowest BCUT2D eigenvalue weighted by molar-refractivity contribution is 1.18. The van der Waals surface area contributed by atoms with Gasteiger partial charge in [-0.05, 0) is 85.3 Å². The summed E-state index contributed by atoms with van der Waals surface area (Å²) in [5.74, 6) is 0. The quantitative estimate of drug-likeness (QED) is 0.171. The first kappa shape index (κ1) is 30.1. The molecule has 0 N–H and O–H groups in total. The van der Waals surface area contributed by atoms with Crippen LogP contribution in [0.1, 0.15) is 11.1 Å². The van der Waals surface area contributed by atoms with Crippen LogP contribution in [0.15, 0.2) is 170 Å². The summed E-state index contributed by atoms with van der Waals surface area (Å²) < 4.78 is 2.36. The summed E-state index contributed by atoms with van der Waals surface area (Å²) in [6.07, 6.45) is 1.92. The molecule has 246 valence electrons. The van der Waals surface area contributed by atoms with Crippen molar-refractivity contribution in [1.29, 1.82) is 0 Å². The average Bonchev–Trinajstić information content (AvgIpc) is 3.52. The third-order valence-electron chi connectivity index (χ3n) is 10.3. The normalized spacial score (nSPS) is 11.7. The minimum Gasteiger partial charge on any atom is -0.310 e. The van der Waals surface area contributed by atoms with Gasteiger partial charge >= 0.3 is 0 Å². The molecule has 0 unspecified atom stereocenters. The van der Waals surface area contributed by atoms with Crippen LogP contribution >= 0.6 is 0 Å². The Labute approximate surface area is 301 Å². The topological polar surface area (TPSA) is 34.0 Å². The molecule has 0 amide bonds. The molecule has 8 aromatic carbocycles. The van der Waals surface area contributed by atoms with Gasteiger partial charge in [-0.25, -0.2) is 4.98 Å². The molecule has 0 atom stereocenters. The predicted molar refractivity (Wildman–Crippen MR) is 218 cm³/mol. The SMILES string of the molecule is Cc1ccc2c(c1)c1cc(C)ccc1c1nc(-c3ccc(N(c4ccccc4)c4ccc5c(c4)c4ccccc4n5-c4ccccc4)cc3)cnc21. The van der Waals surface area contributed by atoms with Gasteiger partial charge in [0.2, 0.25) is 0 Å². The van der Waals surface area contributed by atoms with Crippen LogP contribution in [0.2, 0.25) is 0 Å². The number of nitrogens with zero attached hydrogens (tertiary/aromatic N) is 4. The fraction of sp³-hybridized carbons (Fsp3) is 0.0417. The van der Waals surface area contributed by atoms with E-state index in [1.165, 1.54) is 43.7 Å². The number of hydrogen-bond donors (Lipinski definition) is 0. The van der Waals surface area contributed by atoms with Crippen LogP contribution in [0.4, 0.5) is 17.1 Å². The second-order valence-electron chi connectivity index (χ2n) is 13.7. The summed E-state index contributed by atoms with van der Waals surface area (Å²) in [5, 5.41) is 7.15. The second kappa shape index (κ2) is 11.9. The lowest BCUT2D eigenvalue weighted by Crippen LogP contribution is -2.09. The minimum atomic E-state index is 0.855. The molecule has 0 aliphatic rings. The molecule has 2 aromatic heterocycles. The van der Waals surface area contributed by atoms with Crippen molar-refractivity contribution >= 4 is 71.4 Å². The Morgan fingerprint density at radius 1 is 0.442 bits per heavy atom. The van der Waals surface area contributed by atoms with Crippen LogP contribution in [0.3, 0.4) is 0 Å². The first-order valence-corrected chi connectivity index (χ1v) is 17.7. The molecular formula is C48H34N4. The molecule has 4 nitrogen and oxygen atoms in total. The molecule has 0 saturated heterocycles. The third-order valence-corrected chi connectivity index (χ3v) is 10.3. The van der Waals surface area contributed by atoms with Gasteiger partial charge in [-0.2, -0.15) is 0 Å². The van der Waals surface area contributed by atoms with Crippen LogP contribution in [0, 0.1) is 13.8 Å². The summed E-state index contributed by atoms with van der Waals surface area (Å²) in [7, 11) is 0. The molecule has 52 heavy (non-hydrogen) atoms. The Hall–Kier alpha value is -6.78. The molecule has 0 aliphatic heterocycles. The molecular weight excluding hydrogens is 633 g/mol. The zero-order valence-electron chi connectivity index (χ0n) is 29.0. The summed E-state index contributed by atoms with van der Waals surface area (Å²) in [4.78, 5) is 12.6. The number of benzene rings is 8. The van der Waals surface area contributed by atoms with E-state index < -0.39 is 0 Å². The number of para-hydroxylation sites is 3. The maximum Gasteiger partial charge on any atom is 0.0979 e. The number of aromatic nitrogens is 3. The van der Waals surface area contributed by atoms with E-state index in [1.54, 1.807) is 0 Å². The lowest BCUT2D eigenvalue weighted by Gasteiger charge is -2.26. The molecule has 10 aromatic rings. The van der Waals surface area contributed by atoms with E-state index in [-0.39, 0.29) is 0 Å². The maximum atomic E-state index is 5.28. The van der Waals surface area contributed by atoms with E-state index in [4.69, 9.17) is 9.97 Å². The molecule has 0 aliphatic carbocycles. The van der Waals surface area contributed by atoms with Crippen molar-refractivity contribution in [1.82, 2.24) is 14.5 Å². The zero-order valence-corrected chi connectivity index (χ0v) is 29.0. The van der Waals surface area contributed by atoms with E-state index in [0.717, 1.165) is 55.8 Å². The van der Waals surface area contributed by atoms with Crippen LogP contribution in [-0.2, 0) is 0 Å². The first-order chi connectivity index (χ1) is 25.6. The Bertz CT molecular complexity index is 2960. The van der Waals surface area contributed by atoms with Crippen LogP contribution in [-0.4, -0.2) is 14.5 Å². The van der Waals surface area contributed by atoms with E-state index in [1.807, 2.05) is 6.20 Å². The highest BCUT2D eigenvalue weighted by molar-refractivity contribution is 6.23. The van der Waals surface area contributed by atoms with Crippen molar-refractivity contribution in [3.8, 4) is 16.9 Å². The number of aryl methyl sites for hydroxylation is 2. The zero-order chi connectivity index (χ0) is 34.8. The summed E-state index contributed by atoms with van der Waals surface area (Å²) in [6, 6.07) is 58.6. The number of anilines is 3. The van der Waals surface area contributed by atoms with Crippen LogP contribution in [0.5, 0.6) is 0 Å². The highest BCUT2D eigenvalue weighted by Crippen LogP contribution is 2.41. The average molecular weight is 667 g/mol. The van der Waals surface area contributed by atoms with Gasteiger partial charge in [0.25, 0.3) is 0 Å². The smallest absolute Gasteiger partial charge is 0.0979 e. The molecule has 0 spiro atoms. The van der Waals surface area contributed by atoms with Crippen LogP contribution in [0.25, 0.3) is 71.3 Å². The fourth-order valence-electron chi connectivity index (χ4n) is 7.85. The van der Waals surface area contributed by atoms with E-state index in [0.29, 0.717) is 0 Å². The Balaban J connectivity index is 1.10. The monoisotopic (exact) mass is 666 g/mol. The Morgan fingerprint density at radius 2 is 1.04 bits per heavy atom. The molecule has 0 radical (unpaired) electrons. The second-order valence-corrected chi connectivity index (χ2v) is 13.7. The number of rotatable bonds is 5. The van der Waals surface area contributed by atoms with Gasteiger partial charge in [0.05, 0.1) is 34.0 Å². The summed E-state index contributed by atoms with van der Waals surface area (Å²) in [5.41, 5.74) is 13.0. The highest BCUT2D eigenvalue weighted by Gasteiger charge is 2.18. The van der Waals surface area contributed by atoms with Gasteiger partial charge in [-0.3, -0.25) is 4.98 Å². The molecule has 0 saturated carbocycles. The van der Waals surface area contributed by atoms with Gasteiger partial charge in [0, 0.05) is 49.9 Å². The van der Waals surface area contributed by atoms with Gasteiger partial charge < -0.3 is 9.47 Å². The van der Waals surface area contributed by atoms with Gasteiger partial charge in [0.15, 0.2) is 0 Å². The number of fused-ring (bicyclic) bond motifs is 9. The summed E-state index contributed by atoms with van der Waals surface area (Å²) in [6.45, 7) is 4.29. The van der Waals surface area contributed by atoms with Gasteiger partial charge in [-0.15, -0.1) is 0 Å². The molecule has 0 fully saturated rings. The summed E-state index contributed by atoms with van der Waals surface area (Å²) >= 11 is 0. The Morgan fingerprint density at radius 3 is 1.77 bits per heavy atom. The van der Waals surface area contributed by atoms with Crippen molar-refractivity contribution in [3.63, 3.8) is 0 Å². The van der Waals surface area contributed by atoms with Crippen LogP contribution < -0.4 is 4.90 Å². The fourth-order valence-corrected chi connectivity index (χ4v) is 7.85.